The average molecular weight is 309 g/mol. The molecule has 0 unspecified atom stereocenters. The first-order chi connectivity index (χ1) is 11.3. The number of para-hydroxylation sites is 1. The summed E-state index contributed by atoms with van der Waals surface area (Å²) < 4.78 is 12.6. The molecular formula is C16H15N5O2. The summed E-state index contributed by atoms with van der Waals surface area (Å²) in [5.41, 5.74) is 8.56. The van der Waals surface area contributed by atoms with Gasteiger partial charge >= 0.3 is 0 Å². The lowest BCUT2D eigenvalue weighted by Gasteiger charge is -2.03. The van der Waals surface area contributed by atoms with E-state index in [4.69, 9.17) is 14.8 Å². The Hall–Kier alpha value is -2.93. The Labute approximate surface area is 131 Å². The van der Waals surface area contributed by atoms with Crippen molar-refractivity contribution >= 4 is 10.9 Å². The SMILES string of the molecule is Cc1oncc1Cn1cc(-c2nc(CN)no2)c2ccccc21. The van der Waals surface area contributed by atoms with Crippen LogP contribution < -0.4 is 5.73 Å². The Morgan fingerprint density at radius 3 is 2.83 bits per heavy atom. The molecule has 7 nitrogen and oxygen atoms in total. The van der Waals surface area contributed by atoms with Crippen LogP contribution in [0.2, 0.25) is 0 Å². The lowest BCUT2D eigenvalue weighted by atomic mass is 10.2. The molecule has 0 aliphatic heterocycles. The van der Waals surface area contributed by atoms with Gasteiger partial charge in [0, 0.05) is 22.7 Å². The van der Waals surface area contributed by atoms with Gasteiger partial charge in [-0.15, -0.1) is 0 Å². The summed E-state index contributed by atoms with van der Waals surface area (Å²) in [6.45, 7) is 2.82. The van der Waals surface area contributed by atoms with Gasteiger partial charge in [-0.05, 0) is 13.0 Å². The summed E-state index contributed by atoms with van der Waals surface area (Å²) >= 11 is 0. The molecule has 0 atom stereocenters. The van der Waals surface area contributed by atoms with Crippen LogP contribution >= 0.6 is 0 Å². The molecular weight excluding hydrogens is 294 g/mol. The van der Waals surface area contributed by atoms with E-state index in [2.05, 4.69) is 25.9 Å². The summed E-state index contributed by atoms with van der Waals surface area (Å²) in [7, 11) is 0. The van der Waals surface area contributed by atoms with Crippen molar-refractivity contribution in [2.75, 3.05) is 0 Å². The highest BCUT2D eigenvalue weighted by Gasteiger charge is 2.16. The summed E-state index contributed by atoms with van der Waals surface area (Å²) in [6, 6.07) is 8.08. The van der Waals surface area contributed by atoms with Gasteiger partial charge < -0.3 is 19.3 Å². The third kappa shape index (κ3) is 2.31. The average Bonchev–Trinajstić information content (AvgIpc) is 3.28. The Morgan fingerprint density at radius 2 is 2.09 bits per heavy atom. The van der Waals surface area contributed by atoms with E-state index in [9.17, 15) is 0 Å². The number of nitrogens with two attached hydrogens (primary N) is 1. The molecule has 23 heavy (non-hydrogen) atoms. The minimum atomic E-state index is 0.252. The molecule has 3 heterocycles. The molecule has 3 aromatic heterocycles. The number of fused-ring (bicyclic) bond motifs is 1. The quantitative estimate of drug-likeness (QED) is 0.622. The molecule has 0 fully saturated rings. The van der Waals surface area contributed by atoms with Gasteiger partial charge in [0.2, 0.25) is 0 Å². The Morgan fingerprint density at radius 1 is 1.22 bits per heavy atom. The molecule has 7 heteroatoms. The summed E-state index contributed by atoms with van der Waals surface area (Å²) in [5.74, 6) is 1.78. The van der Waals surface area contributed by atoms with Gasteiger partial charge in [0.15, 0.2) is 5.82 Å². The molecule has 0 amide bonds. The summed E-state index contributed by atoms with van der Waals surface area (Å²) in [4.78, 5) is 4.33. The van der Waals surface area contributed by atoms with Gasteiger partial charge in [0.25, 0.3) is 5.89 Å². The van der Waals surface area contributed by atoms with Gasteiger partial charge in [-0.3, -0.25) is 0 Å². The van der Waals surface area contributed by atoms with E-state index in [-0.39, 0.29) is 6.54 Å². The van der Waals surface area contributed by atoms with Crippen molar-refractivity contribution in [3.05, 3.63) is 53.8 Å². The molecule has 0 saturated carbocycles. The van der Waals surface area contributed by atoms with Crippen LogP contribution in [-0.4, -0.2) is 19.9 Å². The van der Waals surface area contributed by atoms with E-state index in [0.717, 1.165) is 27.8 Å². The van der Waals surface area contributed by atoms with Gasteiger partial charge in [0.1, 0.15) is 5.76 Å². The highest BCUT2D eigenvalue weighted by Crippen LogP contribution is 2.30. The predicted molar refractivity (Wildman–Crippen MR) is 83.5 cm³/mol. The highest BCUT2D eigenvalue weighted by atomic mass is 16.5. The van der Waals surface area contributed by atoms with Gasteiger partial charge in [-0.1, -0.05) is 28.5 Å². The third-order valence-electron chi connectivity index (χ3n) is 3.86. The maximum Gasteiger partial charge on any atom is 0.260 e. The lowest BCUT2D eigenvalue weighted by Crippen LogP contribution is -1.98. The smallest absolute Gasteiger partial charge is 0.260 e. The van der Waals surface area contributed by atoms with Crippen LogP contribution in [-0.2, 0) is 13.1 Å². The van der Waals surface area contributed by atoms with E-state index in [1.807, 2.05) is 31.3 Å². The molecule has 0 aliphatic rings. The molecule has 116 valence electrons. The third-order valence-corrected chi connectivity index (χ3v) is 3.86. The molecule has 4 rings (SSSR count). The van der Waals surface area contributed by atoms with Crippen molar-refractivity contribution < 1.29 is 9.05 Å². The molecule has 0 aliphatic carbocycles. The van der Waals surface area contributed by atoms with Crippen LogP contribution in [0.15, 0.2) is 45.7 Å². The molecule has 0 bridgehead atoms. The number of aryl methyl sites for hydroxylation is 1. The standard InChI is InChI=1S/C16H15N5O2/c1-10-11(7-18-22-10)8-21-9-13(12-4-2-3-5-14(12)21)16-19-15(6-17)20-23-16/h2-5,7,9H,6,8,17H2,1H3. The minimum absolute atomic E-state index is 0.252. The van der Waals surface area contributed by atoms with Crippen LogP contribution in [0.1, 0.15) is 17.1 Å². The van der Waals surface area contributed by atoms with Gasteiger partial charge in [0.05, 0.1) is 24.8 Å². The number of nitrogens with zero attached hydrogens (tertiary/aromatic N) is 4. The van der Waals surface area contributed by atoms with E-state index >= 15 is 0 Å². The van der Waals surface area contributed by atoms with E-state index in [0.29, 0.717) is 18.3 Å². The second-order valence-corrected chi connectivity index (χ2v) is 5.31. The van der Waals surface area contributed by atoms with Crippen LogP contribution in [0, 0.1) is 6.92 Å². The molecule has 0 radical (unpaired) electrons. The van der Waals surface area contributed by atoms with Crippen molar-refractivity contribution in [3.63, 3.8) is 0 Å². The molecule has 1 aromatic carbocycles. The van der Waals surface area contributed by atoms with Crippen molar-refractivity contribution in [1.82, 2.24) is 19.9 Å². The fraction of sp³-hybridized carbons (Fsp3) is 0.188. The number of rotatable bonds is 4. The molecule has 0 saturated heterocycles. The molecule has 4 aromatic rings. The van der Waals surface area contributed by atoms with E-state index < -0.39 is 0 Å². The second-order valence-electron chi connectivity index (χ2n) is 5.31. The largest absolute Gasteiger partial charge is 0.361 e. The zero-order valence-corrected chi connectivity index (χ0v) is 12.6. The molecule has 2 N–H and O–H groups in total. The van der Waals surface area contributed by atoms with Crippen LogP contribution in [0.4, 0.5) is 0 Å². The highest BCUT2D eigenvalue weighted by molar-refractivity contribution is 5.94. The van der Waals surface area contributed by atoms with Crippen LogP contribution in [0.25, 0.3) is 22.4 Å². The predicted octanol–water partition coefficient (Wildman–Crippen LogP) is 2.49. The normalized spacial score (nSPS) is 11.4. The van der Waals surface area contributed by atoms with Crippen molar-refractivity contribution in [2.24, 2.45) is 5.73 Å². The van der Waals surface area contributed by atoms with Crippen LogP contribution in [0.3, 0.4) is 0 Å². The van der Waals surface area contributed by atoms with Crippen LogP contribution in [0.5, 0.6) is 0 Å². The first kappa shape index (κ1) is 13.7. The first-order valence-corrected chi connectivity index (χ1v) is 7.27. The fourth-order valence-corrected chi connectivity index (χ4v) is 2.65. The van der Waals surface area contributed by atoms with E-state index in [1.54, 1.807) is 6.20 Å². The topological polar surface area (TPSA) is 95.9 Å². The number of benzene rings is 1. The number of hydrogen-bond donors (Lipinski definition) is 1. The second kappa shape index (κ2) is 5.36. The monoisotopic (exact) mass is 309 g/mol. The summed E-state index contributed by atoms with van der Waals surface area (Å²) in [6.07, 6.45) is 3.74. The van der Waals surface area contributed by atoms with Gasteiger partial charge in [-0.2, -0.15) is 4.98 Å². The zero-order valence-electron chi connectivity index (χ0n) is 12.6. The maximum absolute atomic E-state index is 5.56. The summed E-state index contributed by atoms with van der Waals surface area (Å²) in [5, 5.41) is 8.76. The van der Waals surface area contributed by atoms with E-state index in [1.165, 1.54) is 0 Å². The van der Waals surface area contributed by atoms with Crippen molar-refractivity contribution in [2.45, 2.75) is 20.0 Å². The zero-order chi connectivity index (χ0) is 15.8. The number of hydrogen-bond acceptors (Lipinski definition) is 6. The maximum atomic E-state index is 5.56. The minimum Gasteiger partial charge on any atom is -0.361 e. The fourth-order valence-electron chi connectivity index (χ4n) is 2.65. The van der Waals surface area contributed by atoms with Crippen molar-refractivity contribution in [3.8, 4) is 11.5 Å². The molecule has 0 spiro atoms. The lowest BCUT2D eigenvalue weighted by molar-refractivity contribution is 0.396. The number of aromatic nitrogens is 4. The van der Waals surface area contributed by atoms with Crippen molar-refractivity contribution in [1.29, 1.82) is 0 Å². The first-order valence-electron chi connectivity index (χ1n) is 7.27. The van der Waals surface area contributed by atoms with Gasteiger partial charge in [-0.25, -0.2) is 0 Å². The Kier molecular flexibility index (Phi) is 3.20. The Balaban J connectivity index is 1.84. The Bertz CT molecular complexity index is 966.